The number of carboxylic acids is 1. The van der Waals surface area contributed by atoms with Crippen LogP contribution in [0.15, 0.2) is 28.3 Å². The van der Waals surface area contributed by atoms with Crippen LogP contribution in [0.2, 0.25) is 10.0 Å². The number of Topliss-reactive ketones (excluding diaryl/α,β-unsaturated/α-hetero) is 1. The van der Waals surface area contributed by atoms with Crippen LogP contribution in [0.5, 0.6) is 0 Å². The lowest BCUT2D eigenvalue weighted by atomic mass is 10.1. The third kappa shape index (κ3) is 7.15. The Balaban J connectivity index is 2.09. The fraction of sp³-hybridized carbons (Fsp3) is 0.412. The molecule has 1 atom stereocenters. The molecule has 2 N–H and O–H groups in total. The monoisotopic (exact) mass is 475 g/mol. The van der Waals surface area contributed by atoms with Gasteiger partial charge >= 0.3 is 12.1 Å². The average molecular weight is 476 g/mol. The third-order valence-electron chi connectivity index (χ3n) is 3.71. The molecule has 10 nitrogen and oxygen atoms in total. The summed E-state index contributed by atoms with van der Waals surface area (Å²) < 4.78 is 6.11. The van der Waals surface area contributed by atoms with E-state index in [1.165, 1.54) is 4.68 Å². The number of carboxylic acid groups (broad SMARTS) is 1. The number of ether oxygens (including phenoxy) is 1. The first kappa shape index (κ1) is 23.9. The number of nitrogens with one attached hydrogen (secondary N) is 1. The molecule has 0 bridgehead atoms. The number of unbranched alkanes of at least 4 members (excludes halogenated alkanes) is 1. The minimum atomic E-state index is -1.30. The van der Waals surface area contributed by atoms with E-state index < -0.39 is 30.3 Å². The van der Waals surface area contributed by atoms with Crippen molar-refractivity contribution < 1.29 is 24.2 Å². The maximum Gasteiger partial charge on any atom is 0.407 e. The highest BCUT2D eigenvalue weighted by Gasteiger charge is 2.26. The Labute approximate surface area is 186 Å². The Morgan fingerprint density at radius 2 is 2.00 bits per heavy atom. The molecule has 0 fully saturated rings. The highest BCUT2D eigenvalue weighted by molar-refractivity contribution is 7.99. The average Bonchev–Trinajstić information content (AvgIpc) is 3.11. The van der Waals surface area contributed by atoms with Crippen LogP contribution in [-0.4, -0.2) is 55.8 Å². The topological polar surface area (TPSA) is 136 Å². The number of rotatable bonds is 11. The SMILES string of the molecule is CCCCOC(=O)NC(CC(=O)O)C(=O)Cn1nnnc1Sc1c(Cl)cccc1Cl. The molecule has 162 valence electrons. The predicted molar refractivity (Wildman–Crippen MR) is 109 cm³/mol. The Hall–Kier alpha value is -2.37. The molecule has 0 radical (unpaired) electrons. The number of ketones is 1. The van der Waals surface area contributed by atoms with Crippen molar-refractivity contribution in [3.63, 3.8) is 0 Å². The van der Waals surface area contributed by atoms with Gasteiger partial charge in [-0.05, 0) is 40.7 Å². The highest BCUT2D eigenvalue weighted by atomic mass is 35.5. The van der Waals surface area contributed by atoms with Crippen molar-refractivity contribution in [3.8, 4) is 0 Å². The second-order valence-electron chi connectivity index (χ2n) is 6.02. The molecular weight excluding hydrogens is 457 g/mol. The van der Waals surface area contributed by atoms with Gasteiger partial charge in [-0.1, -0.05) is 42.6 Å². The summed E-state index contributed by atoms with van der Waals surface area (Å²) in [5, 5.41) is 23.5. The van der Waals surface area contributed by atoms with Crippen molar-refractivity contribution in [1.29, 1.82) is 0 Å². The molecule has 0 aliphatic rings. The quantitative estimate of drug-likeness (QED) is 0.469. The van der Waals surface area contributed by atoms with Gasteiger partial charge < -0.3 is 15.2 Å². The van der Waals surface area contributed by atoms with E-state index in [1.54, 1.807) is 18.2 Å². The smallest absolute Gasteiger partial charge is 0.407 e. The summed E-state index contributed by atoms with van der Waals surface area (Å²) >= 11 is 13.3. The first-order valence-electron chi connectivity index (χ1n) is 8.87. The summed E-state index contributed by atoms with van der Waals surface area (Å²) in [5.41, 5.74) is 0. The standard InChI is InChI=1S/C17H19Cl2N5O5S/c1-2-3-7-29-17(28)20-12(8-14(26)27)13(25)9-24-16(21-22-23-24)30-15-10(18)5-4-6-11(15)19/h4-6,12H,2-3,7-9H2,1H3,(H,20,28)(H,26,27). The first-order valence-corrected chi connectivity index (χ1v) is 10.4. The summed E-state index contributed by atoms with van der Waals surface area (Å²) in [7, 11) is 0. The van der Waals surface area contributed by atoms with E-state index in [9.17, 15) is 14.4 Å². The van der Waals surface area contributed by atoms with E-state index in [0.29, 0.717) is 21.4 Å². The lowest BCUT2D eigenvalue weighted by molar-refractivity contribution is -0.139. The van der Waals surface area contributed by atoms with Crippen LogP contribution < -0.4 is 5.32 Å². The van der Waals surface area contributed by atoms with E-state index in [2.05, 4.69) is 20.8 Å². The number of carbonyl (C=O) groups is 3. The Kier molecular flexibility index (Phi) is 9.34. The molecule has 1 aromatic heterocycles. The zero-order valence-electron chi connectivity index (χ0n) is 15.9. The molecule has 2 rings (SSSR count). The molecule has 13 heteroatoms. The molecule has 1 heterocycles. The summed E-state index contributed by atoms with van der Waals surface area (Å²) in [5.74, 6) is -1.86. The number of benzene rings is 1. The zero-order valence-corrected chi connectivity index (χ0v) is 18.2. The van der Waals surface area contributed by atoms with E-state index in [4.69, 9.17) is 33.0 Å². The summed E-state index contributed by atoms with van der Waals surface area (Å²) in [6.45, 7) is 1.73. The normalized spacial score (nSPS) is 11.7. The fourth-order valence-electron chi connectivity index (χ4n) is 2.21. The van der Waals surface area contributed by atoms with Crippen molar-refractivity contribution in [2.45, 2.75) is 48.8 Å². The number of alkyl carbamates (subject to hydrolysis) is 1. The molecule has 2 aromatic rings. The number of aliphatic carboxylic acids is 1. The van der Waals surface area contributed by atoms with Crippen LogP contribution in [0.3, 0.4) is 0 Å². The van der Waals surface area contributed by atoms with Crippen LogP contribution in [-0.2, 0) is 20.9 Å². The van der Waals surface area contributed by atoms with Gasteiger partial charge in [-0.15, -0.1) is 5.10 Å². The van der Waals surface area contributed by atoms with Gasteiger partial charge in [0.1, 0.15) is 12.6 Å². The number of aromatic nitrogens is 4. The van der Waals surface area contributed by atoms with Crippen LogP contribution in [0.4, 0.5) is 4.79 Å². The maximum atomic E-state index is 12.6. The predicted octanol–water partition coefficient (Wildman–Crippen LogP) is 3.07. The number of hydrogen-bond acceptors (Lipinski definition) is 8. The summed E-state index contributed by atoms with van der Waals surface area (Å²) in [6.07, 6.45) is 0.000780. The molecule has 0 saturated carbocycles. The van der Waals surface area contributed by atoms with Gasteiger partial charge in [0.25, 0.3) is 0 Å². The number of hydrogen-bond donors (Lipinski definition) is 2. The maximum absolute atomic E-state index is 12.6. The number of tetrazole rings is 1. The van der Waals surface area contributed by atoms with Crippen molar-refractivity contribution in [1.82, 2.24) is 25.5 Å². The molecular formula is C17H19Cl2N5O5S. The van der Waals surface area contributed by atoms with Gasteiger partial charge in [0.15, 0.2) is 5.78 Å². The minimum absolute atomic E-state index is 0.169. The molecule has 0 aliphatic heterocycles. The van der Waals surface area contributed by atoms with Crippen LogP contribution in [0, 0.1) is 0 Å². The van der Waals surface area contributed by atoms with Gasteiger partial charge in [0.05, 0.1) is 28.0 Å². The van der Waals surface area contributed by atoms with E-state index in [-0.39, 0.29) is 18.3 Å². The van der Waals surface area contributed by atoms with Gasteiger partial charge in [-0.25, -0.2) is 9.48 Å². The van der Waals surface area contributed by atoms with Gasteiger partial charge in [-0.3, -0.25) is 9.59 Å². The van der Waals surface area contributed by atoms with Crippen molar-refractivity contribution >= 4 is 52.8 Å². The van der Waals surface area contributed by atoms with Crippen molar-refractivity contribution in [2.75, 3.05) is 6.61 Å². The second-order valence-corrected chi connectivity index (χ2v) is 7.81. The van der Waals surface area contributed by atoms with E-state index in [0.717, 1.165) is 18.2 Å². The number of carbonyl (C=O) groups excluding carboxylic acids is 2. The number of halogens is 2. The largest absolute Gasteiger partial charge is 0.481 e. The summed E-state index contributed by atoms with van der Waals surface area (Å²) in [4.78, 5) is 36.1. The first-order chi connectivity index (χ1) is 14.3. The van der Waals surface area contributed by atoms with Gasteiger partial charge in [0.2, 0.25) is 5.16 Å². The van der Waals surface area contributed by atoms with Crippen molar-refractivity contribution in [2.24, 2.45) is 0 Å². The Bertz CT molecular complexity index is 890. The van der Waals surface area contributed by atoms with Crippen LogP contribution in [0.1, 0.15) is 26.2 Å². The number of nitrogens with zero attached hydrogens (tertiary/aromatic N) is 4. The number of amides is 1. The van der Waals surface area contributed by atoms with Gasteiger partial charge in [0, 0.05) is 0 Å². The van der Waals surface area contributed by atoms with Crippen molar-refractivity contribution in [3.05, 3.63) is 28.2 Å². The second kappa shape index (κ2) is 11.7. The zero-order chi connectivity index (χ0) is 22.1. The molecule has 0 spiro atoms. The Morgan fingerprint density at radius 3 is 2.63 bits per heavy atom. The molecule has 0 saturated heterocycles. The lowest BCUT2D eigenvalue weighted by Crippen LogP contribution is -2.44. The van der Waals surface area contributed by atoms with E-state index >= 15 is 0 Å². The molecule has 1 unspecified atom stereocenters. The highest BCUT2D eigenvalue weighted by Crippen LogP contribution is 2.37. The summed E-state index contributed by atoms with van der Waals surface area (Å²) in [6, 6.07) is 3.67. The fourth-order valence-corrected chi connectivity index (χ4v) is 3.64. The molecule has 1 amide bonds. The van der Waals surface area contributed by atoms with Crippen LogP contribution >= 0.6 is 35.0 Å². The lowest BCUT2D eigenvalue weighted by Gasteiger charge is -2.16. The minimum Gasteiger partial charge on any atom is -0.481 e. The molecule has 0 aliphatic carbocycles. The third-order valence-corrected chi connectivity index (χ3v) is 5.68. The Morgan fingerprint density at radius 1 is 1.30 bits per heavy atom. The molecule has 1 aromatic carbocycles. The van der Waals surface area contributed by atoms with Gasteiger partial charge in [-0.2, -0.15) is 0 Å². The molecule has 30 heavy (non-hydrogen) atoms. The van der Waals surface area contributed by atoms with Crippen LogP contribution in [0.25, 0.3) is 0 Å². The van der Waals surface area contributed by atoms with E-state index in [1.807, 2.05) is 6.92 Å².